The first-order valence-corrected chi connectivity index (χ1v) is 8.16. The molecule has 0 unspecified atom stereocenters. The zero-order valence-electron chi connectivity index (χ0n) is 12.4. The van der Waals surface area contributed by atoms with Gasteiger partial charge in [-0.15, -0.1) is 0 Å². The molecule has 0 amide bonds. The Balaban J connectivity index is 2.21. The minimum Gasteiger partial charge on any atom is -0.506 e. The first-order valence-electron chi connectivity index (χ1n) is 6.72. The molecule has 0 aromatic heterocycles. The van der Waals surface area contributed by atoms with Crippen molar-refractivity contribution >= 4 is 15.9 Å². The van der Waals surface area contributed by atoms with Crippen LogP contribution < -0.4 is 9.03 Å². The van der Waals surface area contributed by atoms with Gasteiger partial charge in [0.1, 0.15) is 11.4 Å². The lowest BCUT2D eigenvalue weighted by molar-refractivity contribution is 0.0727. The molecule has 7 heteroatoms. The monoisotopic (exact) mass is 322 g/mol. The maximum atomic E-state index is 11.8. The molecule has 0 saturated carbocycles. The first kappa shape index (κ1) is 16.2. The van der Waals surface area contributed by atoms with Crippen molar-refractivity contribution < 1.29 is 18.6 Å². The second-order valence-electron chi connectivity index (χ2n) is 5.55. The van der Waals surface area contributed by atoms with E-state index >= 15 is 0 Å². The summed E-state index contributed by atoms with van der Waals surface area (Å²) in [7, 11) is -3.69. The predicted octanol–water partition coefficient (Wildman–Crippen LogP) is 1.42. The molecule has 0 fully saturated rings. The Labute approximate surface area is 130 Å². The number of nitrogens with zero attached hydrogens (tertiary/aromatic N) is 1. The van der Waals surface area contributed by atoms with Crippen LogP contribution in [0.3, 0.4) is 0 Å². The van der Waals surface area contributed by atoms with Crippen LogP contribution in [0.1, 0.15) is 32.3 Å². The van der Waals surface area contributed by atoms with Crippen molar-refractivity contribution in [1.29, 1.82) is 0 Å². The molecule has 0 bridgehead atoms. The molecule has 0 saturated heterocycles. The average Bonchev–Trinajstić information content (AvgIpc) is 2.75. The SMILES string of the molecule is CC(C)(O)CCC#Cc1ccc(O)c(N2C=CNS2(=O)=O)c1. The van der Waals surface area contributed by atoms with Crippen LogP contribution in [0.15, 0.2) is 30.6 Å². The summed E-state index contributed by atoms with van der Waals surface area (Å²) < 4.78 is 26.7. The molecule has 1 aromatic rings. The van der Waals surface area contributed by atoms with Gasteiger partial charge in [0.05, 0.1) is 5.60 Å². The van der Waals surface area contributed by atoms with E-state index in [4.69, 9.17) is 0 Å². The van der Waals surface area contributed by atoms with Crippen LogP contribution in [0.4, 0.5) is 5.69 Å². The van der Waals surface area contributed by atoms with Crippen LogP contribution in [0, 0.1) is 11.8 Å². The van der Waals surface area contributed by atoms with E-state index in [1.165, 1.54) is 24.5 Å². The highest BCUT2D eigenvalue weighted by Crippen LogP contribution is 2.31. The van der Waals surface area contributed by atoms with E-state index in [9.17, 15) is 18.6 Å². The Morgan fingerprint density at radius 1 is 1.36 bits per heavy atom. The minimum absolute atomic E-state index is 0.135. The summed E-state index contributed by atoms with van der Waals surface area (Å²) in [6, 6.07) is 4.51. The second-order valence-corrected chi connectivity index (χ2v) is 7.13. The van der Waals surface area contributed by atoms with E-state index in [-0.39, 0.29) is 11.4 Å². The Morgan fingerprint density at radius 2 is 2.09 bits per heavy atom. The lowest BCUT2D eigenvalue weighted by atomic mass is 10.0. The fourth-order valence-electron chi connectivity index (χ4n) is 1.84. The van der Waals surface area contributed by atoms with E-state index in [0.29, 0.717) is 18.4 Å². The van der Waals surface area contributed by atoms with Crippen LogP contribution in [0.5, 0.6) is 5.75 Å². The molecular weight excluding hydrogens is 304 g/mol. The first-order chi connectivity index (χ1) is 10.2. The van der Waals surface area contributed by atoms with Crippen molar-refractivity contribution in [3.63, 3.8) is 0 Å². The van der Waals surface area contributed by atoms with Gasteiger partial charge in [0.15, 0.2) is 0 Å². The van der Waals surface area contributed by atoms with Crippen LogP contribution in [-0.4, -0.2) is 24.2 Å². The summed E-state index contributed by atoms with van der Waals surface area (Å²) in [5, 5.41) is 19.5. The molecule has 0 spiro atoms. The van der Waals surface area contributed by atoms with Gasteiger partial charge < -0.3 is 10.2 Å². The van der Waals surface area contributed by atoms with E-state index in [1.54, 1.807) is 19.9 Å². The smallest absolute Gasteiger partial charge is 0.327 e. The van der Waals surface area contributed by atoms with Gasteiger partial charge in [0.25, 0.3) is 0 Å². The Bertz CT molecular complexity index is 752. The van der Waals surface area contributed by atoms with Gasteiger partial charge in [-0.1, -0.05) is 11.8 Å². The van der Waals surface area contributed by atoms with E-state index in [2.05, 4.69) is 16.6 Å². The van der Waals surface area contributed by atoms with Crippen molar-refractivity contribution in [1.82, 2.24) is 4.72 Å². The van der Waals surface area contributed by atoms with Gasteiger partial charge in [0, 0.05) is 24.4 Å². The molecule has 1 aliphatic rings. The predicted molar refractivity (Wildman–Crippen MR) is 84.2 cm³/mol. The van der Waals surface area contributed by atoms with Crippen molar-refractivity contribution in [2.75, 3.05) is 4.31 Å². The number of hydrogen-bond donors (Lipinski definition) is 3. The molecule has 1 aliphatic heterocycles. The zero-order valence-corrected chi connectivity index (χ0v) is 13.2. The van der Waals surface area contributed by atoms with Crippen LogP contribution in [0.2, 0.25) is 0 Å². The number of phenolic OH excluding ortho intramolecular Hbond substituents is 1. The number of rotatable bonds is 3. The Kier molecular flexibility index (Phi) is 4.35. The molecule has 0 aliphatic carbocycles. The molecule has 1 heterocycles. The summed E-state index contributed by atoms with van der Waals surface area (Å²) >= 11 is 0. The molecule has 3 N–H and O–H groups in total. The second kappa shape index (κ2) is 5.91. The lowest BCUT2D eigenvalue weighted by Gasteiger charge is -2.16. The molecule has 2 rings (SSSR count). The number of anilines is 1. The van der Waals surface area contributed by atoms with E-state index in [0.717, 1.165) is 4.31 Å². The summed E-state index contributed by atoms with van der Waals surface area (Å²) in [5.41, 5.74) is -0.0518. The van der Waals surface area contributed by atoms with Crippen LogP contribution in [0.25, 0.3) is 0 Å². The summed E-state index contributed by atoms with van der Waals surface area (Å²) in [6.07, 6.45) is 3.65. The van der Waals surface area contributed by atoms with Gasteiger partial charge in [-0.25, -0.2) is 4.31 Å². The molecule has 0 radical (unpaired) electrons. The number of aliphatic hydroxyl groups is 1. The van der Waals surface area contributed by atoms with Crippen molar-refractivity contribution in [3.8, 4) is 17.6 Å². The molecular formula is C15H18N2O4S. The Morgan fingerprint density at radius 3 is 2.68 bits per heavy atom. The topological polar surface area (TPSA) is 89.9 Å². The standard InChI is InChI=1S/C15H18N2O4S/c1-15(2,19)8-4-3-5-12-6-7-14(18)13(11-12)17-10-9-16-22(17,20)21/h6-7,9-11,16,18-19H,4,8H2,1-2H3. The summed E-state index contributed by atoms with van der Waals surface area (Å²) in [4.78, 5) is 0. The highest BCUT2D eigenvalue weighted by molar-refractivity contribution is 7.91. The molecule has 6 nitrogen and oxygen atoms in total. The highest BCUT2D eigenvalue weighted by Gasteiger charge is 2.25. The average molecular weight is 322 g/mol. The van der Waals surface area contributed by atoms with Crippen molar-refractivity contribution in [3.05, 3.63) is 36.2 Å². The van der Waals surface area contributed by atoms with Gasteiger partial charge in [-0.05, 0) is 38.5 Å². The van der Waals surface area contributed by atoms with Crippen molar-refractivity contribution in [2.45, 2.75) is 32.3 Å². The quantitative estimate of drug-likeness (QED) is 0.734. The normalized spacial score (nSPS) is 16.0. The zero-order chi connectivity index (χ0) is 16.4. The van der Waals surface area contributed by atoms with Gasteiger partial charge in [0.2, 0.25) is 0 Å². The lowest BCUT2D eigenvalue weighted by Crippen LogP contribution is -2.28. The van der Waals surface area contributed by atoms with E-state index < -0.39 is 15.8 Å². The summed E-state index contributed by atoms with van der Waals surface area (Å²) in [5.74, 6) is 5.67. The highest BCUT2D eigenvalue weighted by atomic mass is 32.2. The number of hydrogen-bond acceptors (Lipinski definition) is 4. The number of benzene rings is 1. The number of aromatic hydroxyl groups is 1. The fourth-order valence-corrected chi connectivity index (χ4v) is 2.81. The third-order valence-electron chi connectivity index (χ3n) is 2.99. The molecule has 0 atom stereocenters. The Hall–Kier alpha value is -2.17. The third kappa shape index (κ3) is 3.93. The maximum Gasteiger partial charge on any atom is 0.327 e. The summed E-state index contributed by atoms with van der Waals surface area (Å²) in [6.45, 7) is 3.43. The largest absolute Gasteiger partial charge is 0.506 e. The van der Waals surface area contributed by atoms with Crippen LogP contribution in [-0.2, 0) is 10.2 Å². The molecule has 1 aromatic carbocycles. The van der Waals surface area contributed by atoms with Crippen molar-refractivity contribution in [2.24, 2.45) is 0 Å². The minimum atomic E-state index is -3.69. The number of nitrogens with one attached hydrogen (secondary N) is 1. The molecule has 118 valence electrons. The molecule has 22 heavy (non-hydrogen) atoms. The maximum absolute atomic E-state index is 11.8. The van der Waals surface area contributed by atoms with Gasteiger partial charge >= 0.3 is 10.2 Å². The third-order valence-corrected chi connectivity index (χ3v) is 4.26. The number of phenols is 1. The van der Waals surface area contributed by atoms with Gasteiger partial charge in [-0.2, -0.15) is 8.42 Å². The fraction of sp³-hybridized carbons (Fsp3) is 0.333. The van der Waals surface area contributed by atoms with Gasteiger partial charge in [-0.3, -0.25) is 4.72 Å². The van der Waals surface area contributed by atoms with Crippen LogP contribution >= 0.6 is 0 Å². The van der Waals surface area contributed by atoms with E-state index in [1.807, 2.05) is 0 Å².